The highest BCUT2D eigenvalue weighted by Crippen LogP contribution is 2.34. The fourth-order valence-electron chi connectivity index (χ4n) is 2.33. The summed E-state index contributed by atoms with van der Waals surface area (Å²) in [4.78, 5) is 13.9. The average Bonchev–Trinajstić information content (AvgIpc) is 3.10. The number of benzene rings is 1. The van der Waals surface area contributed by atoms with Crippen molar-refractivity contribution >= 4 is 11.6 Å². The molecule has 3 nitrogen and oxygen atoms in total. The van der Waals surface area contributed by atoms with Crippen molar-refractivity contribution in [3.63, 3.8) is 0 Å². The van der Waals surface area contributed by atoms with Crippen molar-refractivity contribution in [2.24, 2.45) is 0 Å². The molecule has 0 spiro atoms. The van der Waals surface area contributed by atoms with Crippen LogP contribution in [0.4, 0.5) is 5.69 Å². The third-order valence-electron chi connectivity index (χ3n) is 3.34. The molecule has 0 radical (unpaired) electrons. The van der Waals surface area contributed by atoms with E-state index in [-0.39, 0.29) is 5.91 Å². The molecule has 0 aromatic heterocycles. The number of nitrogens with zero attached hydrogens (tertiary/aromatic N) is 1. The lowest BCUT2D eigenvalue weighted by atomic mass is 10.1. The van der Waals surface area contributed by atoms with Gasteiger partial charge in [-0.15, -0.1) is 0 Å². The van der Waals surface area contributed by atoms with E-state index in [4.69, 9.17) is 0 Å². The van der Waals surface area contributed by atoms with E-state index in [0.29, 0.717) is 19.0 Å². The summed E-state index contributed by atoms with van der Waals surface area (Å²) in [5.41, 5.74) is 2.55. The van der Waals surface area contributed by atoms with Crippen molar-refractivity contribution < 1.29 is 4.79 Å². The number of carbonyl (C=O) groups is 1. The Labute approximate surface area is 95.4 Å². The van der Waals surface area contributed by atoms with Crippen LogP contribution >= 0.6 is 0 Å². The smallest absolute Gasteiger partial charge is 0.222 e. The first kappa shape index (κ1) is 9.70. The molecule has 1 aromatic rings. The fourth-order valence-corrected chi connectivity index (χ4v) is 2.33. The summed E-state index contributed by atoms with van der Waals surface area (Å²) in [6.45, 7) is 1.52. The molecule has 0 atom stereocenters. The maximum absolute atomic E-state index is 11.5. The largest absolute Gasteiger partial charge is 0.368 e. The summed E-state index contributed by atoms with van der Waals surface area (Å²) in [5.74, 6) is 0.167. The Morgan fingerprint density at radius 2 is 2.06 bits per heavy atom. The zero-order valence-corrected chi connectivity index (χ0v) is 9.28. The third-order valence-corrected chi connectivity index (χ3v) is 3.34. The number of anilines is 1. The lowest BCUT2D eigenvalue weighted by Crippen LogP contribution is -2.36. The van der Waals surface area contributed by atoms with Crippen LogP contribution < -0.4 is 10.2 Å². The molecule has 0 unspecified atom stereocenters. The minimum atomic E-state index is 0.167. The number of hydrogen-bond acceptors (Lipinski definition) is 2. The third kappa shape index (κ3) is 1.77. The van der Waals surface area contributed by atoms with Gasteiger partial charge in [-0.3, -0.25) is 4.79 Å². The minimum Gasteiger partial charge on any atom is -0.368 e. The predicted molar refractivity (Wildman–Crippen MR) is 63.3 cm³/mol. The van der Waals surface area contributed by atoms with Gasteiger partial charge in [0.05, 0.1) is 0 Å². The number of nitrogens with one attached hydrogen (secondary N) is 1. The zero-order valence-electron chi connectivity index (χ0n) is 9.28. The predicted octanol–water partition coefficient (Wildman–Crippen LogP) is 1.68. The number of amides is 1. The molecule has 1 saturated carbocycles. The maximum Gasteiger partial charge on any atom is 0.222 e. The second kappa shape index (κ2) is 3.81. The Morgan fingerprint density at radius 1 is 1.25 bits per heavy atom. The summed E-state index contributed by atoms with van der Waals surface area (Å²) in [7, 11) is 0. The summed E-state index contributed by atoms with van der Waals surface area (Å²) >= 11 is 0. The van der Waals surface area contributed by atoms with Gasteiger partial charge in [-0.2, -0.15) is 0 Å². The molecule has 1 aromatic carbocycles. The molecular formula is C13H16N2O. The maximum atomic E-state index is 11.5. The van der Waals surface area contributed by atoms with Crippen LogP contribution in [0, 0.1) is 0 Å². The molecule has 0 saturated heterocycles. The summed E-state index contributed by atoms with van der Waals surface area (Å²) in [6.07, 6.45) is 3.16. The molecule has 1 aliphatic carbocycles. The van der Waals surface area contributed by atoms with Crippen molar-refractivity contribution in [1.29, 1.82) is 0 Å². The normalized spacial score (nSPS) is 20.8. The zero-order chi connectivity index (χ0) is 11.0. The van der Waals surface area contributed by atoms with Crippen LogP contribution in [0.1, 0.15) is 24.8 Å². The molecule has 1 fully saturated rings. The number of carbonyl (C=O) groups excluding carboxylic acids is 1. The van der Waals surface area contributed by atoms with Gasteiger partial charge >= 0.3 is 0 Å². The van der Waals surface area contributed by atoms with Gasteiger partial charge in [-0.05, 0) is 24.5 Å². The second-order valence-corrected chi connectivity index (χ2v) is 4.58. The number of hydrogen-bond donors (Lipinski definition) is 1. The van der Waals surface area contributed by atoms with Crippen LogP contribution in [0.5, 0.6) is 0 Å². The minimum absolute atomic E-state index is 0.167. The Morgan fingerprint density at radius 3 is 2.88 bits per heavy atom. The molecule has 3 heteroatoms. The summed E-state index contributed by atoms with van der Waals surface area (Å²) in [5, 5.41) is 2.95. The van der Waals surface area contributed by atoms with Crippen LogP contribution in [0.15, 0.2) is 24.3 Å². The van der Waals surface area contributed by atoms with Gasteiger partial charge in [0.2, 0.25) is 5.91 Å². The Hall–Kier alpha value is -1.51. The van der Waals surface area contributed by atoms with E-state index in [0.717, 1.165) is 6.54 Å². The number of para-hydroxylation sites is 1. The fraction of sp³-hybridized carbons (Fsp3) is 0.462. The van der Waals surface area contributed by atoms with E-state index in [2.05, 4.69) is 28.4 Å². The van der Waals surface area contributed by atoms with Crippen molar-refractivity contribution in [2.75, 3.05) is 11.4 Å². The van der Waals surface area contributed by atoms with Crippen LogP contribution in [0.2, 0.25) is 0 Å². The molecule has 3 rings (SSSR count). The molecule has 1 N–H and O–H groups in total. The van der Waals surface area contributed by atoms with Gasteiger partial charge in [-0.1, -0.05) is 18.2 Å². The van der Waals surface area contributed by atoms with E-state index in [1.165, 1.54) is 24.1 Å². The Balaban J connectivity index is 1.96. The number of rotatable bonds is 1. The first-order chi connectivity index (χ1) is 7.84. The van der Waals surface area contributed by atoms with E-state index < -0.39 is 0 Å². The number of fused-ring (bicyclic) bond motifs is 1. The van der Waals surface area contributed by atoms with E-state index >= 15 is 0 Å². The SMILES string of the molecule is O=C1CCN(C2CC2)c2ccccc2CN1. The van der Waals surface area contributed by atoms with Gasteiger partial charge in [-0.25, -0.2) is 0 Å². The van der Waals surface area contributed by atoms with Crippen LogP contribution in [0.25, 0.3) is 0 Å². The quantitative estimate of drug-likeness (QED) is 0.774. The molecule has 1 aliphatic heterocycles. The second-order valence-electron chi connectivity index (χ2n) is 4.58. The highest BCUT2D eigenvalue weighted by Gasteiger charge is 2.31. The molecule has 16 heavy (non-hydrogen) atoms. The van der Waals surface area contributed by atoms with Gasteiger partial charge in [0.1, 0.15) is 0 Å². The van der Waals surface area contributed by atoms with E-state index in [1.807, 2.05) is 6.07 Å². The lowest BCUT2D eigenvalue weighted by molar-refractivity contribution is -0.121. The Kier molecular flexibility index (Phi) is 2.31. The van der Waals surface area contributed by atoms with Gasteiger partial charge in [0.25, 0.3) is 0 Å². The first-order valence-electron chi connectivity index (χ1n) is 5.96. The molecule has 84 valence electrons. The van der Waals surface area contributed by atoms with Crippen molar-refractivity contribution in [1.82, 2.24) is 5.32 Å². The summed E-state index contributed by atoms with van der Waals surface area (Å²) < 4.78 is 0. The highest BCUT2D eigenvalue weighted by molar-refractivity contribution is 5.77. The van der Waals surface area contributed by atoms with Gasteiger partial charge < -0.3 is 10.2 Å². The highest BCUT2D eigenvalue weighted by atomic mass is 16.1. The van der Waals surface area contributed by atoms with Gasteiger partial charge in [0.15, 0.2) is 0 Å². The lowest BCUT2D eigenvalue weighted by Gasteiger charge is -2.29. The molecule has 0 bridgehead atoms. The van der Waals surface area contributed by atoms with Crippen LogP contribution in [-0.2, 0) is 11.3 Å². The van der Waals surface area contributed by atoms with E-state index in [9.17, 15) is 4.79 Å². The average molecular weight is 216 g/mol. The van der Waals surface area contributed by atoms with E-state index in [1.54, 1.807) is 0 Å². The molecule has 2 aliphatic rings. The van der Waals surface area contributed by atoms with Crippen LogP contribution in [-0.4, -0.2) is 18.5 Å². The summed E-state index contributed by atoms with van der Waals surface area (Å²) in [6, 6.07) is 9.07. The van der Waals surface area contributed by atoms with Crippen LogP contribution in [0.3, 0.4) is 0 Å². The van der Waals surface area contributed by atoms with Crippen molar-refractivity contribution in [3.8, 4) is 0 Å². The molecular weight excluding hydrogens is 200 g/mol. The van der Waals surface area contributed by atoms with Crippen molar-refractivity contribution in [2.45, 2.75) is 31.8 Å². The van der Waals surface area contributed by atoms with Crippen molar-refractivity contribution in [3.05, 3.63) is 29.8 Å². The Bertz CT molecular complexity index is 412. The molecule has 1 amide bonds. The molecule has 1 heterocycles. The standard InChI is InChI=1S/C13H16N2O/c16-13-7-8-15(11-5-6-11)12-4-2-1-3-10(12)9-14-13/h1-4,11H,5-9H2,(H,14,16). The topological polar surface area (TPSA) is 32.3 Å². The van der Waals surface area contributed by atoms with Gasteiger partial charge in [0, 0.05) is 31.2 Å². The first-order valence-corrected chi connectivity index (χ1v) is 5.96. The monoisotopic (exact) mass is 216 g/mol.